The van der Waals surface area contributed by atoms with Crippen LogP contribution in [0.15, 0.2) is 192 Å². The van der Waals surface area contributed by atoms with E-state index in [4.69, 9.17) is 14.7 Å². The molecule has 0 fully saturated rings. The Balaban J connectivity index is 1.03. The molecule has 0 N–H and O–H groups in total. The smallest absolute Gasteiger partial charge is 0.160 e. The Bertz CT molecular complexity index is 3220. The van der Waals surface area contributed by atoms with E-state index in [1.54, 1.807) is 0 Å². The number of hydrogen-bond acceptors (Lipinski definition) is 2. The lowest BCUT2D eigenvalue weighted by atomic mass is 9.73. The Hall–Kier alpha value is -7.36. The number of aryl methyl sites for hydroxylation is 2. The van der Waals surface area contributed by atoms with Crippen LogP contribution >= 0.6 is 0 Å². The summed E-state index contributed by atoms with van der Waals surface area (Å²) in [7, 11) is 0. The fourth-order valence-electron chi connectivity index (χ4n) is 9.91. The van der Waals surface area contributed by atoms with Gasteiger partial charge in [-0.15, -0.1) is 0 Å². The van der Waals surface area contributed by atoms with Crippen molar-refractivity contribution in [3.05, 3.63) is 233 Å². The number of benzene rings is 8. The molecule has 8 aromatic carbocycles. The molecule has 1 aliphatic heterocycles. The van der Waals surface area contributed by atoms with Crippen molar-refractivity contribution in [2.75, 3.05) is 0 Å². The predicted molar refractivity (Wildman–Crippen MR) is 269 cm³/mol. The minimum atomic E-state index is -0.329. The van der Waals surface area contributed by atoms with Crippen LogP contribution in [0.4, 0.5) is 0 Å². The average Bonchev–Trinajstić information content (AvgIpc) is 3.53. The van der Waals surface area contributed by atoms with Crippen LogP contribution in [0, 0.1) is 13.8 Å². The van der Waals surface area contributed by atoms with Gasteiger partial charge in [0, 0.05) is 49.9 Å². The third kappa shape index (κ3) is 6.93. The second-order valence-corrected chi connectivity index (χ2v) is 18.4. The molecule has 3 nitrogen and oxygen atoms in total. The largest absolute Gasteiger partial charge is 0.455 e. The third-order valence-electron chi connectivity index (χ3n) is 13.6. The molecule has 0 radical (unpaired) electrons. The van der Waals surface area contributed by atoms with E-state index in [9.17, 15) is 0 Å². The molecule has 0 atom stereocenters. The molecule has 0 amide bonds. The Morgan fingerprint density at radius 2 is 0.953 bits per heavy atom. The van der Waals surface area contributed by atoms with Crippen molar-refractivity contribution in [1.29, 1.82) is 0 Å². The van der Waals surface area contributed by atoms with Crippen molar-refractivity contribution >= 4 is 17.2 Å². The maximum Gasteiger partial charge on any atom is 0.160 e. The molecule has 8 aromatic rings. The monoisotopic (exact) mass is 828 g/mol. The van der Waals surface area contributed by atoms with Gasteiger partial charge >= 0.3 is 0 Å². The van der Waals surface area contributed by atoms with Gasteiger partial charge in [0.25, 0.3) is 0 Å². The van der Waals surface area contributed by atoms with Gasteiger partial charge in [0.2, 0.25) is 0 Å². The number of rotatable bonds is 7. The minimum Gasteiger partial charge on any atom is -0.455 e. The summed E-state index contributed by atoms with van der Waals surface area (Å²) < 4.78 is 7.25. The topological polar surface area (TPSA) is 34.0 Å². The van der Waals surface area contributed by atoms with E-state index < -0.39 is 0 Å². The van der Waals surface area contributed by atoms with E-state index in [1.807, 2.05) is 55.5 Å². The summed E-state index contributed by atoms with van der Waals surface area (Å²) in [4.78, 5) is 10.1. The molecule has 0 spiro atoms. The number of fused-ring (bicyclic) bond motifs is 5. The standard InChI is InChI=1S/C61H52N2O/c1-38-32-33-46(36-50(38)51-37-52-49-26-15-16-29-53(49)60(5,6)56(52)34-39(51)2)48-28-19-31-55-58(48)64-57-47(27-18-30-54(57)61(55,7)8)45-25-17-24-44(35-45)41(4)63-59(43-22-13-10-14-23-43)62-40(3)42-20-11-9-12-21-42/h9-37H,4H2,1-3,5-8H3. The van der Waals surface area contributed by atoms with E-state index in [0.717, 1.165) is 61.7 Å². The summed E-state index contributed by atoms with van der Waals surface area (Å²) in [6.07, 6.45) is 0. The van der Waals surface area contributed by atoms with Crippen molar-refractivity contribution in [3.8, 4) is 56.0 Å². The van der Waals surface area contributed by atoms with E-state index >= 15 is 0 Å². The molecule has 0 bridgehead atoms. The number of amidine groups is 1. The predicted octanol–water partition coefficient (Wildman–Crippen LogP) is 16.0. The number of ether oxygens (including phenoxy) is 1. The van der Waals surface area contributed by atoms with Gasteiger partial charge in [-0.3, -0.25) is 0 Å². The quantitative estimate of drug-likeness (QED) is 0.116. The normalized spacial score (nSPS) is 14.5. The fraction of sp³-hybridized carbons (Fsp3) is 0.148. The van der Waals surface area contributed by atoms with Gasteiger partial charge in [0.1, 0.15) is 11.5 Å². The summed E-state index contributed by atoms with van der Waals surface area (Å²) in [5, 5.41) is 0. The van der Waals surface area contributed by atoms with Crippen molar-refractivity contribution in [2.45, 2.75) is 59.3 Å². The van der Waals surface area contributed by atoms with Gasteiger partial charge in [0.05, 0.1) is 5.70 Å². The maximum absolute atomic E-state index is 7.25. The number of para-hydroxylation sites is 2. The van der Waals surface area contributed by atoms with Crippen LogP contribution in [-0.2, 0) is 10.8 Å². The molecule has 1 aliphatic carbocycles. The summed E-state index contributed by atoms with van der Waals surface area (Å²) in [6.45, 7) is 20.3. The lowest BCUT2D eigenvalue weighted by molar-refractivity contribution is 0.421. The zero-order valence-electron chi connectivity index (χ0n) is 37.8. The second-order valence-electron chi connectivity index (χ2n) is 18.4. The van der Waals surface area contributed by atoms with Crippen LogP contribution in [0.1, 0.15) is 84.7 Å². The molecule has 3 heteroatoms. The van der Waals surface area contributed by atoms with Crippen LogP contribution in [0.2, 0.25) is 0 Å². The lowest BCUT2D eigenvalue weighted by Gasteiger charge is -2.36. The summed E-state index contributed by atoms with van der Waals surface area (Å²) in [5.41, 5.74) is 21.1. The minimum absolute atomic E-state index is 0.0411. The van der Waals surface area contributed by atoms with E-state index in [1.165, 1.54) is 50.1 Å². The van der Waals surface area contributed by atoms with Crippen LogP contribution < -0.4 is 4.74 Å². The van der Waals surface area contributed by atoms with Gasteiger partial charge in [-0.2, -0.15) is 0 Å². The van der Waals surface area contributed by atoms with Crippen LogP contribution in [0.25, 0.3) is 50.2 Å². The van der Waals surface area contributed by atoms with Crippen LogP contribution in [-0.4, -0.2) is 11.5 Å². The molecule has 64 heavy (non-hydrogen) atoms. The van der Waals surface area contributed by atoms with Crippen LogP contribution in [0.5, 0.6) is 11.5 Å². The second kappa shape index (κ2) is 15.8. The summed E-state index contributed by atoms with van der Waals surface area (Å²) in [6, 6.07) is 62.5. The van der Waals surface area contributed by atoms with Gasteiger partial charge in [0.15, 0.2) is 5.84 Å². The fourth-order valence-corrected chi connectivity index (χ4v) is 9.91. The van der Waals surface area contributed by atoms with E-state index in [0.29, 0.717) is 11.5 Å². The summed E-state index contributed by atoms with van der Waals surface area (Å²) in [5.74, 6) is 2.38. The molecule has 0 aromatic heterocycles. The third-order valence-corrected chi connectivity index (χ3v) is 13.6. The van der Waals surface area contributed by atoms with E-state index in [2.05, 4.69) is 176 Å². The molecular weight excluding hydrogens is 777 g/mol. The van der Waals surface area contributed by atoms with Gasteiger partial charge in [-0.25, -0.2) is 9.98 Å². The number of nitrogens with zero attached hydrogens (tertiary/aromatic N) is 2. The molecule has 10 rings (SSSR count). The number of hydrogen-bond donors (Lipinski definition) is 0. The Labute approximate surface area is 378 Å². The lowest BCUT2D eigenvalue weighted by Crippen LogP contribution is -2.25. The first-order valence-electron chi connectivity index (χ1n) is 22.3. The molecule has 2 aliphatic rings. The highest BCUT2D eigenvalue weighted by Gasteiger charge is 2.38. The molecule has 312 valence electrons. The SMILES string of the molecule is C=C(N=C(N=C(C)c1ccccc1)c1ccccc1)c1cccc(-c2cccc3c2Oc2c(-c4ccc(C)c(-c5cc6c(cc5C)C(C)(C)c5ccccc5-6)c4)cccc2C3(C)C)c1. The molecule has 1 heterocycles. The van der Waals surface area contributed by atoms with Crippen molar-refractivity contribution in [2.24, 2.45) is 9.98 Å². The van der Waals surface area contributed by atoms with Gasteiger partial charge in [-0.05, 0) is 100 Å². The van der Waals surface area contributed by atoms with Gasteiger partial charge in [-0.1, -0.05) is 192 Å². The summed E-state index contributed by atoms with van der Waals surface area (Å²) >= 11 is 0. The highest BCUT2D eigenvalue weighted by atomic mass is 16.5. The Kier molecular flexibility index (Phi) is 10.0. The van der Waals surface area contributed by atoms with Crippen molar-refractivity contribution < 1.29 is 4.74 Å². The maximum atomic E-state index is 7.25. The molecule has 0 unspecified atom stereocenters. The highest BCUT2D eigenvalue weighted by molar-refractivity contribution is 6.12. The first-order valence-corrected chi connectivity index (χ1v) is 22.3. The zero-order chi connectivity index (χ0) is 44.3. The first kappa shape index (κ1) is 40.7. The highest BCUT2D eigenvalue weighted by Crippen LogP contribution is 2.55. The Morgan fingerprint density at radius 3 is 1.64 bits per heavy atom. The molecule has 0 saturated heterocycles. The first-order chi connectivity index (χ1) is 30.9. The van der Waals surface area contributed by atoms with E-state index in [-0.39, 0.29) is 10.8 Å². The molecule has 0 saturated carbocycles. The van der Waals surface area contributed by atoms with Gasteiger partial charge < -0.3 is 4.74 Å². The van der Waals surface area contributed by atoms with Crippen molar-refractivity contribution in [1.82, 2.24) is 0 Å². The average molecular weight is 829 g/mol. The zero-order valence-corrected chi connectivity index (χ0v) is 37.8. The Morgan fingerprint density at radius 1 is 0.422 bits per heavy atom. The molecular formula is C61H52N2O. The van der Waals surface area contributed by atoms with Crippen molar-refractivity contribution in [3.63, 3.8) is 0 Å². The number of aliphatic imine (C=N–C) groups is 2. The van der Waals surface area contributed by atoms with Crippen LogP contribution in [0.3, 0.4) is 0 Å².